The fraction of sp³-hybridized carbons (Fsp3) is 0.600. The van der Waals surface area contributed by atoms with Crippen molar-refractivity contribution in [3.8, 4) is 0 Å². The Morgan fingerprint density at radius 2 is 1.54 bits per heavy atom. The average molecular weight is 334 g/mol. The molecule has 4 nitrogen and oxygen atoms in total. The number of ether oxygens (including phenoxy) is 1. The van der Waals surface area contributed by atoms with Crippen molar-refractivity contribution in [2.45, 2.75) is 77.7 Å². The van der Waals surface area contributed by atoms with E-state index in [1.54, 1.807) is 12.1 Å². The molecule has 0 aromatic heterocycles. The number of carboxylic acid groups (broad SMARTS) is 1. The van der Waals surface area contributed by atoms with E-state index < -0.39 is 17.5 Å². The van der Waals surface area contributed by atoms with Crippen LogP contribution in [0.3, 0.4) is 0 Å². The van der Waals surface area contributed by atoms with Gasteiger partial charge in [-0.25, -0.2) is 9.59 Å². The number of carboxylic acids is 1. The summed E-state index contributed by atoms with van der Waals surface area (Å²) >= 11 is 0. The lowest BCUT2D eigenvalue weighted by Crippen LogP contribution is -2.32. The number of aromatic carboxylic acids is 1. The van der Waals surface area contributed by atoms with E-state index in [-0.39, 0.29) is 11.1 Å². The van der Waals surface area contributed by atoms with Gasteiger partial charge in [-0.3, -0.25) is 0 Å². The number of hydrogen-bond acceptors (Lipinski definition) is 3. The Morgan fingerprint density at radius 3 is 2.12 bits per heavy atom. The monoisotopic (exact) mass is 334 g/mol. The van der Waals surface area contributed by atoms with Crippen molar-refractivity contribution < 1.29 is 19.4 Å². The zero-order valence-corrected chi connectivity index (χ0v) is 15.1. The van der Waals surface area contributed by atoms with Gasteiger partial charge < -0.3 is 9.84 Å². The molecular weight excluding hydrogens is 304 g/mol. The van der Waals surface area contributed by atoms with Crippen molar-refractivity contribution >= 4 is 11.9 Å². The maximum Gasteiger partial charge on any atom is 0.339 e. The molecule has 0 saturated heterocycles. The van der Waals surface area contributed by atoms with Gasteiger partial charge in [0.2, 0.25) is 0 Å². The summed E-state index contributed by atoms with van der Waals surface area (Å²) in [4.78, 5) is 23.9. The second-order valence-corrected chi connectivity index (χ2v) is 6.60. The van der Waals surface area contributed by atoms with E-state index in [9.17, 15) is 14.7 Å². The van der Waals surface area contributed by atoms with E-state index in [4.69, 9.17) is 4.74 Å². The number of unbranched alkanes of at least 4 members (excludes halogenated alkanes) is 4. The van der Waals surface area contributed by atoms with E-state index in [1.807, 2.05) is 6.92 Å². The van der Waals surface area contributed by atoms with Crippen LogP contribution >= 0.6 is 0 Å². The number of hydrogen-bond donors (Lipinski definition) is 1. The minimum Gasteiger partial charge on any atom is -0.478 e. The summed E-state index contributed by atoms with van der Waals surface area (Å²) in [6.07, 6.45) is 8.12. The molecule has 0 spiro atoms. The second kappa shape index (κ2) is 10.1. The standard InChI is InChI=1S/C20H30O4/c1-4-6-8-11-15-20(3,14-7-5-2)24-19(23)17-13-10-9-12-16(17)18(21)22/h9-10,12-13H,4-8,11,14-15H2,1-3H3,(H,21,22). The van der Waals surface area contributed by atoms with E-state index in [0.29, 0.717) is 0 Å². The molecule has 0 aliphatic rings. The number of rotatable bonds is 11. The number of esters is 1. The Kier molecular flexibility index (Phi) is 8.51. The number of carbonyl (C=O) groups is 2. The first-order valence-corrected chi connectivity index (χ1v) is 8.99. The zero-order valence-electron chi connectivity index (χ0n) is 15.1. The predicted molar refractivity (Wildman–Crippen MR) is 95.5 cm³/mol. The van der Waals surface area contributed by atoms with Gasteiger partial charge in [0, 0.05) is 0 Å². The van der Waals surface area contributed by atoms with Crippen LogP contribution in [0.4, 0.5) is 0 Å². The molecule has 1 atom stereocenters. The topological polar surface area (TPSA) is 63.6 Å². The van der Waals surface area contributed by atoms with Gasteiger partial charge in [-0.15, -0.1) is 0 Å². The first kappa shape index (κ1) is 20.2. The minimum absolute atomic E-state index is 0.00803. The molecule has 1 unspecified atom stereocenters. The molecule has 0 radical (unpaired) electrons. The van der Waals surface area contributed by atoms with Crippen LogP contribution in [-0.2, 0) is 4.74 Å². The van der Waals surface area contributed by atoms with Crippen LogP contribution in [0, 0.1) is 0 Å². The molecule has 134 valence electrons. The Labute approximate surface area is 145 Å². The molecule has 0 aliphatic heterocycles. The van der Waals surface area contributed by atoms with E-state index >= 15 is 0 Å². The molecule has 1 aromatic carbocycles. The Morgan fingerprint density at radius 1 is 0.958 bits per heavy atom. The number of carbonyl (C=O) groups excluding carboxylic acids is 1. The summed E-state index contributed by atoms with van der Waals surface area (Å²) in [6.45, 7) is 6.24. The van der Waals surface area contributed by atoms with Gasteiger partial charge in [0.15, 0.2) is 0 Å². The molecule has 0 fully saturated rings. The smallest absolute Gasteiger partial charge is 0.339 e. The van der Waals surface area contributed by atoms with E-state index in [0.717, 1.165) is 44.9 Å². The van der Waals surface area contributed by atoms with Crippen molar-refractivity contribution in [1.29, 1.82) is 0 Å². The molecule has 0 bridgehead atoms. The number of benzene rings is 1. The van der Waals surface area contributed by atoms with Gasteiger partial charge in [0.1, 0.15) is 5.60 Å². The van der Waals surface area contributed by atoms with Gasteiger partial charge in [-0.05, 0) is 44.7 Å². The quantitative estimate of drug-likeness (QED) is 0.431. The van der Waals surface area contributed by atoms with Crippen LogP contribution in [0.25, 0.3) is 0 Å². The lowest BCUT2D eigenvalue weighted by molar-refractivity contribution is -0.0199. The van der Waals surface area contributed by atoms with Gasteiger partial charge >= 0.3 is 11.9 Å². The van der Waals surface area contributed by atoms with Crippen LogP contribution in [0.5, 0.6) is 0 Å². The fourth-order valence-electron chi connectivity index (χ4n) is 2.83. The highest BCUT2D eigenvalue weighted by Crippen LogP contribution is 2.28. The highest BCUT2D eigenvalue weighted by Gasteiger charge is 2.29. The normalized spacial score (nSPS) is 13.3. The van der Waals surface area contributed by atoms with Crippen molar-refractivity contribution in [3.05, 3.63) is 35.4 Å². The lowest BCUT2D eigenvalue weighted by atomic mass is 9.91. The Hall–Kier alpha value is -1.84. The van der Waals surface area contributed by atoms with Gasteiger partial charge in [-0.1, -0.05) is 51.7 Å². The van der Waals surface area contributed by atoms with Crippen molar-refractivity contribution in [1.82, 2.24) is 0 Å². The predicted octanol–water partition coefficient (Wildman–Crippen LogP) is 5.46. The molecule has 0 amide bonds. The average Bonchev–Trinajstić information content (AvgIpc) is 2.57. The first-order chi connectivity index (χ1) is 11.4. The summed E-state index contributed by atoms with van der Waals surface area (Å²) in [5, 5.41) is 9.25. The van der Waals surface area contributed by atoms with Crippen LogP contribution in [0.15, 0.2) is 24.3 Å². The molecule has 0 heterocycles. The SMILES string of the molecule is CCCCCCC(C)(CCCC)OC(=O)c1ccccc1C(=O)O. The molecular formula is C20H30O4. The molecule has 1 aromatic rings. The Balaban J connectivity index is 2.85. The molecule has 1 N–H and O–H groups in total. The van der Waals surface area contributed by atoms with Crippen molar-refractivity contribution in [2.24, 2.45) is 0 Å². The summed E-state index contributed by atoms with van der Waals surface area (Å²) in [7, 11) is 0. The summed E-state index contributed by atoms with van der Waals surface area (Å²) in [6, 6.07) is 6.22. The highest BCUT2D eigenvalue weighted by molar-refractivity contribution is 6.02. The van der Waals surface area contributed by atoms with Crippen LogP contribution in [0.1, 0.15) is 92.9 Å². The molecule has 0 aliphatic carbocycles. The lowest BCUT2D eigenvalue weighted by Gasteiger charge is -2.30. The van der Waals surface area contributed by atoms with Crippen molar-refractivity contribution in [3.63, 3.8) is 0 Å². The maximum atomic E-state index is 12.6. The summed E-state index contributed by atoms with van der Waals surface area (Å²) in [5.41, 5.74) is -0.417. The summed E-state index contributed by atoms with van der Waals surface area (Å²) in [5.74, 6) is -1.65. The third kappa shape index (κ3) is 6.34. The third-order valence-corrected chi connectivity index (χ3v) is 4.33. The maximum absolute atomic E-state index is 12.6. The van der Waals surface area contributed by atoms with Crippen LogP contribution in [-0.4, -0.2) is 22.6 Å². The van der Waals surface area contributed by atoms with Crippen LogP contribution < -0.4 is 0 Å². The molecule has 4 heteroatoms. The van der Waals surface area contributed by atoms with E-state index in [2.05, 4.69) is 13.8 Å². The van der Waals surface area contributed by atoms with Gasteiger partial charge in [0.05, 0.1) is 11.1 Å². The second-order valence-electron chi connectivity index (χ2n) is 6.60. The Bertz CT molecular complexity index is 538. The largest absolute Gasteiger partial charge is 0.478 e. The van der Waals surface area contributed by atoms with Gasteiger partial charge in [0.25, 0.3) is 0 Å². The molecule has 1 rings (SSSR count). The zero-order chi connectivity index (χ0) is 18.0. The third-order valence-electron chi connectivity index (χ3n) is 4.33. The molecule has 0 saturated carbocycles. The van der Waals surface area contributed by atoms with Gasteiger partial charge in [-0.2, -0.15) is 0 Å². The van der Waals surface area contributed by atoms with Crippen molar-refractivity contribution in [2.75, 3.05) is 0 Å². The first-order valence-electron chi connectivity index (χ1n) is 8.99. The fourth-order valence-corrected chi connectivity index (χ4v) is 2.83. The van der Waals surface area contributed by atoms with Crippen LogP contribution in [0.2, 0.25) is 0 Å². The highest BCUT2D eigenvalue weighted by atomic mass is 16.6. The molecule has 24 heavy (non-hydrogen) atoms. The summed E-state index contributed by atoms with van der Waals surface area (Å²) < 4.78 is 5.79. The minimum atomic E-state index is -1.11. The van der Waals surface area contributed by atoms with E-state index in [1.165, 1.54) is 18.6 Å².